The predicted molar refractivity (Wildman–Crippen MR) is 99.2 cm³/mol. The van der Waals surface area contributed by atoms with Crippen molar-refractivity contribution in [2.45, 2.75) is 43.5 Å². The van der Waals surface area contributed by atoms with Gasteiger partial charge in [-0.2, -0.15) is 4.31 Å². The van der Waals surface area contributed by atoms with E-state index in [1.807, 2.05) is 0 Å². The second-order valence-electron chi connectivity index (χ2n) is 7.26. The van der Waals surface area contributed by atoms with E-state index < -0.39 is 10.0 Å². The number of nitrogens with zero attached hydrogens (tertiary/aromatic N) is 2. The molecular weight excluding hydrogens is 338 g/mol. The molecule has 3 rings (SSSR count). The molecule has 0 spiro atoms. The van der Waals surface area contributed by atoms with Crippen LogP contribution in [0.25, 0.3) is 0 Å². The third-order valence-corrected chi connectivity index (χ3v) is 7.48. The zero-order chi connectivity index (χ0) is 18.0. The highest BCUT2D eigenvalue weighted by molar-refractivity contribution is 7.89. The summed E-state index contributed by atoms with van der Waals surface area (Å²) in [5.41, 5.74) is 6.22. The standard InChI is InChI=1S/C18H29N3O3S/c1-14-5-9-20(10-6-14)16-7-11-21(12-8-16)25(22,23)18-13-15(19)3-4-17(18)24-2/h3-4,13-14,16H,5-12,19H2,1-2H3. The normalized spacial score (nSPS) is 22.2. The summed E-state index contributed by atoms with van der Waals surface area (Å²) in [5.74, 6) is 1.16. The van der Waals surface area contributed by atoms with Crippen LogP contribution in [0.4, 0.5) is 5.69 Å². The lowest BCUT2D eigenvalue weighted by Gasteiger charge is -2.41. The number of sulfonamides is 1. The molecule has 25 heavy (non-hydrogen) atoms. The third-order valence-electron chi connectivity index (χ3n) is 5.56. The Balaban J connectivity index is 1.69. The van der Waals surface area contributed by atoms with Crippen LogP contribution in [0, 0.1) is 5.92 Å². The van der Waals surface area contributed by atoms with Crippen LogP contribution >= 0.6 is 0 Å². The Morgan fingerprint density at radius 3 is 2.32 bits per heavy atom. The van der Waals surface area contributed by atoms with Crippen LogP contribution in [-0.4, -0.2) is 57.0 Å². The van der Waals surface area contributed by atoms with E-state index in [4.69, 9.17) is 10.5 Å². The van der Waals surface area contributed by atoms with Gasteiger partial charge in [0.1, 0.15) is 10.6 Å². The van der Waals surface area contributed by atoms with Crippen LogP contribution in [0.5, 0.6) is 5.75 Å². The highest BCUT2D eigenvalue weighted by Gasteiger charge is 2.34. The lowest BCUT2D eigenvalue weighted by molar-refractivity contribution is 0.101. The second-order valence-corrected chi connectivity index (χ2v) is 9.17. The Hall–Kier alpha value is -1.31. The van der Waals surface area contributed by atoms with E-state index in [1.54, 1.807) is 16.4 Å². The largest absolute Gasteiger partial charge is 0.495 e. The van der Waals surface area contributed by atoms with Gasteiger partial charge in [0.25, 0.3) is 0 Å². The maximum atomic E-state index is 13.0. The van der Waals surface area contributed by atoms with Gasteiger partial charge in [-0.1, -0.05) is 6.92 Å². The molecule has 2 fully saturated rings. The molecule has 2 aliphatic heterocycles. The van der Waals surface area contributed by atoms with Crippen molar-refractivity contribution in [2.24, 2.45) is 5.92 Å². The number of hydrogen-bond acceptors (Lipinski definition) is 5. The molecule has 2 N–H and O–H groups in total. The number of ether oxygens (including phenoxy) is 1. The monoisotopic (exact) mass is 367 g/mol. The minimum absolute atomic E-state index is 0.167. The van der Waals surface area contributed by atoms with Gasteiger partial charge in [0.05, 0.1) is 7.11 Å². The first kappa shape index (κ1) is 18.5. The molecule has 2 heterocycles. The number of anilines is 1. The van der Waals surface area contributed by atoms with Crippen LogP contribution < -0.4 is 10.5 Å². The molecule has 0 unspecified atom stereocenters. The molecule has 0 amide bonds. The minimum Gasteiger partial charge on any atom is -0.495 e. The van der Waals surface area contributed by atoms with Crippen molar-refractivity contribution in [1.29, 1.82) is 0 Å². The summed E-state index contributed by atoms with van der Waals surface area (Å²) in [6, 6.07) is 5.26. The molecule has 0 atom stereocenters. The average molecular weight is 368 g/mol. The van der Waals surface area contributed by atoms with Crippen molar-refractivity contribution in [3.8, 4) is 5.75 Å². The lowest BCUT2D eigenvalue weighted by Crippen LogP contribution is -2.48. The van der Waals surface area contributed by atoms with E-state index in [1.165, 1.54) is 26.0 Å². The number of rotatable bonds is 4. The van der Waals surface area contributed by atoms with Crippen molar-refractivity contribution in [3.63, 3.8) is 0 Å². The van der Waals surface area contributed by atoms with E-state index in [0.29, 0.717) is 30.6 Å². The maximum absolute atomic E-state index is 13.0. The van der Waals surface area contributed by atoms with Crippen molar-refractivity contribution >= 4 is 15.7 Å². The molecule has 0 saturated carbocycles. The van der Waals surface area contributed by atoms with Crippen molar-refractivity contribution in [2.75, 3.05) is 39.0 Å². The Kier molecular flexibility index (Phi) is 5.55. The smallest absolute Gasteiger partial charge is 0.246 e. The highest BCUT2D eigenvalue weighted by Crippen LogP contribution is 2.31. The van der Waals surface area contributed by atoms with Crippen molar-refractivity contribution in [3.05, 3.63) is 18.2 Å². The number of hydrogen-bond donors (Lipinski definition) is 1. The molecule has 0 radical (unpaired) electrons. The average Bonchev–Trinajstić information content (AvgIpc) is 2.62. The van der Waals surface area contributed by atoms with Crippen LogP contribution in [0.2, 0.25) is 0 Å². The van der Waals surface area contributed by atoms with Crippen LogP contribution in [0.3, 0.4) is 0 Å². The number of methoxy groups -OCH3 is 1. The zero-order valence-corrected chi connectivity index (χ0v) is 16.0. The SMILES string of the molecule is COc1ccc(N)cc1S(=O)(=O)N1CCC(N2CCC(C)CC2)CC1. The molecule has 2 aliphatic rings. The summed E-state index contributed by atoms with van der Waals surface area (Å²) in [7, 11) is -2.10. The lowest BCUT2D eigenvalue weighted by atomic mass is 9.95. The zero-order valence-electron chi connectivity index (χ0n) is 15.1. The summed E-state index contributed by atoms with van der Waals surface area (Å²) >= 11 is 0. The molecule has 0 aliphatic carbocycles. The first-order valence-electron chi connectivity index (χ1n) is 9.09. The summed E-state index contributed by atoms with van der Waals surface area (Å²) < 4.78 is 32.9. The molecular formula is C18H29N3O3S. The van der Waals surface area contributed by atoms with Crippen LogP contribution in [-0.2, 0) is 10.0 Å². The van der Waals surface area contributed by atoms with Gasteiger partial charge in [-0.15, -0.1) is 0 Å². The molecule has 1 aromatic rings. The number of piperidine rings is 2. The number of nitrogens with two attached hydrogens (primary N) is 1. The fraction of sp³-hybridized carbons (Fsp3) is 0.667. The Labute approximate surface area is 151 Å². The molecule has 0 aromatic heterocycles. The molecule has 6 nitrogen and oxygen atoms in total. The van der Waals surface area contributed by atoms with E-state index in [2.05, 4.69) is 11.8 Å². The Morgan fingerprint density at radius 2 is 1.72 bits per heavy atom. The highest BCUT2D eigenvalue weighted by atomic mass is 32.2. The van der Waals surface area contributed by atoms with Crippen molar-refractivity contribution in [1.82, 2.24) is 9.21 Å². The van der Waals surface area contributed by atoms with Crippen molar-refractivity contribution < 1.29 is 13.2 Å². The van der Waals surface area contributed by atoms with E-state index in [9.17, 15) is 8.42 Å². The fourth-order valence-electron chi connectivity index (χ4n) is 3.88. The van der Waals surface area contributed by atoms with Gasteiger partial charge in [0, 0.05) is 24.8 Å². The number of likely N-dealkylation sites (tertiary alicyclic amines) is 1. The van der Waals surface area contributed by atoms with E-state index in [0.717, 1.165) is 31.8 Å². The number of benzene rings is 1. The quantitative estimate of drug-likeness (QED) is 0.826. The number of nitrogen functional groups attached to an aromatic ring is 1. The topological polar surface area (TPSA) is 75.9 Å². The third kappa shape index (κ3) is 3.93. The first-order chi connectivity index (χ1) is 11.9. The summed E-state index contributed by atoms with van der Waals surface area (Å²) in [6.45, 7) is 5.70. The molecule has 140 valence electrons. The molecule has 7 heteroatoms. The van der Waals surface area contributed by atoms with Gasteiger partial charge in [-0.3, -0.25) is 0 Å². The van der Waals surface area contributed by atoms with Gasteiger partial charge >= 0.3 is 0 Å². The second kappa shape index (κ2) is 7.51. The summed E-state index contributed by atoms with van der Waals surface area (Å²) in [5, 5.41) is 0. The van der Waals surface area contributed by atoms with E-state index in [-0.39, 0.29) is 4.90 Å². The Bertz CT molecular complexity index is 692. The van der Waals surface area contributed by atoms with Gasteiger partial charge in [-0.05, 0) is 62.9 Å². The predicted octanol–water partition coefficient (Wildman–Crippen LogP) is 2.16. The molecule has 0 bridgehead atoms. The van der Waals surface area contributed by atoms with E-state index >= 15 is 0 Å². The van der Waals surface area contributed by atoms with Gasteiger partial charge in [0.15, 0.2) is 0 Å². The maximum Gasteiger partial charge on any atom is 0.246 e. The summed E-state index contributed by atoms with van der Waals surface area (Å²) in [4.78, 5) is 2.71. The van der Waals surface area contributed by atoms with Gasteiger partial charge in [0.2, 0.25) is 10.0 Å². The van der Waals surface area contributed by atoms with Crippen LogP contribution in [0.15, 0.2) is 23.1 Å². The minimum atomic E-state index is -3.58. The molecule has 1 aromatic carbocycles. The molecule has 2 saturated heterocycles. The Morgan fingerprint density at radius 1 is 1.08 bits per heavy atom. The summed E-state index contributed by atoms with van der Waals surface area (Å²) in [6.07, 6.45) is 4.27. The van der Waals surface area contributed by atoms with Gasteiger partial charge in [-0.25, -0.2) is 8.42 Å². The van der Waals surface area contributed by atoms with Crippen LogP contribution in [0.1, 0.15) is 32.6 Å². The van der Waals surface area contributed by atoms with Gasteiger partial charge < -0.3 is 15.4 Å². The first-order valence-corrected chi connectivity index (χ1v) is 10.5. The fourth-order valence-corrected chi connectivity index (χ4v) is 5.54.